The van der Waals surface area contributed by atoms with Gasteiger partial charge in [0.15, 0.2) is 12.6 Å². The fourth-order valence-corrected chi connectivity index (χ4v) is 1.06. The van der Waals surface area contributed by atoms with Gasteiger partial charge < -0.3 is 5.73 Å². The number of hydrogen-bond acceptors (Lipinski definition) is 4. The molecule has 0 saturated carbocycles. The molecule has 13 heavy (non-hydrogen) atoms. The maximum Gasteiger partial charge on any atom is 0.168 e. The number of aldehydes is 2. The lowest BCUT2D eigenvalue weighted by Gasteiger charge is -2.04. The average molecular weight is 176 g/mol. The average Bonchev–Trinajstić information content (AvgIpc) is 2.16. The Morgan fingerprint density at radius 3 is 2.62 bits per heavy atom. The molecule has 0 aliphatic heterocycles. The topological polar surface area (TPSA) is 84.0 Å². The molecule has 0 unspecified atom stereocenters. The number of hydrogen-bond donors (Lipinski definition) is 2. The molecule has 3 N–H and O–H groups in total. The van der Waals surface area contributed by atoms with E-state index in [1.807, 2.05) is 0 Å². The molecule has 4 heteroatoms. The molecule has 0 fully saturated rings. The SMILES string of the molecule is N=C(C=O)c1c(N)cccc1C=O. The number of rotatable bonds is 3. The van der Waals surface area contributed by atoms with Crippen molar-refractivity contribution in [1.29, 1.82) is 5.41 Å². The minimum atomic E-state index is -0.278. The predicted octanol–water partition coefficient (Wildman–Crippen LogP) is 0.648. The first-order chi connectivity index (χ1) is 6.20. The third-order valence-corrected chi connectivity index (χ3v) is 1.64. The summed E-state index contributed by atoms with van der Waals surface area (Å²) in [7, 11) is 0. The van der Waals surface area contributed by atoms with Crippen molar-refractivity contribution in [3.8, 4) is 0 Å². The number of nitrogens with one attached hydrogen (secondary N) is 1. The molecule has 0 heterocycles. The van der Waals surface area contributed by atoms with Gasteiger partial charge in [0.2, 0.25) is 0 Å². The summed E-state index contributed by atoms with van der Waals surface area (Å²) >= 11 is 0. The summed E-state index contributed by atoms with van der Waals surface area (Å²) in [6, 6.07) is 4.65. The van der Waals surface area contributed by atoms with Crippen LogP contribution in [-0.2, 0) is 4.79 Å². The van der Waals surface area contributed by atoms with Gasteiger partial charge in [0.05, 0.1) is 0 Å². The number of nitrogens with two attached hydrogens (primary N) is 1. The lowest BCUT2D eigenvalue weighted by Crippen LogP contribution is -2.08. The van der Waals surface area contributed by atoms with E-state index in [1.54, 1.807) is 12.1 Å². The van der Waals surface area contributed by atoms with Crippen LogP contribution in [-0.4, -0.2) is 18.3 Å². The number of anilines is 1. The van der Waals surface area contributed by atoms with Crippen molar-refractivity contribution in [2.24, 2.45) is 0 Å². The summed E-state index contributed by atoms with van der Waals surface area (Å²) in [5.41, 5.74) is 5.97. The Morgan fingerprint density at radius 2 is 2.08 bits per heavy atom. The molecule has 1 aromatic carbocycles. The molecule has 0 atom stereocenters. The zero-order chi connectivity index (χ0) is 9.84. The van der Waals surface area contributed by atoms with Gasteiger partial charge in [-0.2, -0.15) is 0 Å². The van der Waals surface area contributed by atoms with Gasteiger partial charge in [-0.1, -0.05) is 12.1 Å². The Morgan fingerprint density at radius 1 is 1.38 bits per heavy atom. The van der Waals surface area contributed by atoms with E-state index in [9.17, 15) is 9.59 Å². The summed E-state index contributed by atoms with van der Waals surface area (Å²) in [6.07, 6.45) is 0.933. The van der Waals surface area contributed by atoms with Crippen LogP contribution in [0.4, 0.5) is 5.69 Å². The van der Waals surface area contributed by atoms with Crippen LogP contribution in [0.2, 0.25) is 0 Å². The molecule has 1 aromatic rings. The second-order valence-corrected chi connectivity index (χ2v) is 2.46. The minimum absolute atomic E-state index is 0.201. The van der Waals surface area contributed by atoms with Gasteiger partial charge >= 0.3 is 0 Å². The highest BCUT2D eigenvalue weighted by Gasteiger charge is 2.09. The second kappa shape index (κ2) is 3.62. The van der Waals surface area contributed by atoms with Crippen molar-refractivity contribution in [2.75, 3.05) is 5.73 Å². The summed E-state index contributed by atoms with van der Waals surface area (Å²) in [6.45, 7) is 0. The fraction of sp³-hybridized carbons (Fsp3) is 0. The van der Waals surface area contributed by atoms with E-state index in [-0.39, 0.29) is 22.5 Å². The van der Waals surface area contributed by atoms with Crippen LogP contribution in [0, 0.1) is 5.41 Å². The number of benzene rings is 1. The molecule has 0 aliphatic carbocycles. The van der Waals surface area contributed by atoms with Crippen LogP contribution in [0.25, 0.3) is 0 Å². The second-order valence-electron chi connectivity index (χ2n) is 2.46. The zero-order valence-electron chi connectivity index (χ0n) is 6.78. The van der Waals surface area contributed by atoms with Gasteiger partial charge in [0, 0.05) is 16.8 Å². The van der Waals surface area contributed by atoms with E-state index < -0.39 is 0 Å². The molecular formula is C9H8N2O2. The highest BCUT2D eigenvalue weighted by atomic mass is 16.1. The molecule has 0 aliphatic rings. The summed E-state index contributed by atoms with van der Waals surface area (Å²) < 4.78 is 0. The lowest BCUT2D eigenvalue weighted by atomic mass is 10.0. The van der Waals surface area contributed by atoms with E-state index >= 15 is 0 Å². The van der Waals surface area contributed by atoms with E-state index in [2.05, 4.69) is 0 Å². The maximum absolute atomic E-state index is 10.5. The molecule has 0 bridgehead atoms. The zero-order valence-corrected chi connectivity index (χ0v) is 6.78. The standard InChI is InChI=1S/C9H8N2O2/c10-7-3-1-2-6(4-12)9(7)8(11)5-13/h1-5,11H,10H2. The van der Waals surface area contributed by atoms with E-state index in [0.29, 0.717) is 12.6 Å². The van der Waals surface area contributed by atoms with E-state index in [0.717, 1.165) is 0 Å². The summed E-state index contributed by atoms with van der Waals surface area (Å²) in [5, 5.41) is 7.26. The van der Waals surface area contributed by atoms with E-state index in [1.165, 1.54) is 6.07 Å². The Balaban J connectivity index is 3.38. The normalized spacial score (nSPS) is 9.23. The molecule has 66 valence electrons. The van der Waals surface area contributed by atoms with Gasteiger partial charge in [0.1, 0.15) is 5.71 Å². The molecule has 0 spiro atoms. The number of carbonyl (C=O) groups is 2. The van der Waals surface area contributed by atoms with E-state index in [4.69, 9.17) is 11.1 Å². The Hall–Kier alpha value is -1.97. The minimum Gasteiger partial charge on any atom is -0.398 e. The quantitative estimate of drug-likeness (QED) is 0.403. The van der Waals surface area contributed by atoms with Crippen molar-refractivity contribution in [3.05, 3.63) is 29.3 Å². The van der Waals surface area contributed by atoms with Crippen molar-refractivity contribution in [2.45, 2.75) is 0 Å². The molecule has 0 aromatic heterocycles. The van der Waals surface area contributed by atoms with Crippen molar-refractivity contribution < 1.29 is 9.59 Å². The monoisotopic (exact) mass is 176 g/mol. The first-order valence-corrected chi connectivity index (χ1v) is 3.58. The third-order valence-electron chi connectivity index (χ3n) is 1.64. The smallest absolute Gasteiger partial charge is 0.168 e. The molecular weight excluding hydrogens is 168 g/mol. The first-order valence-electron chi connectivity index (χ1n) is 3.58. The van der Waals surface area contributed by atoms with Crippen LogP contribution in [0.5, 0.6) is 0 Å². The summed E-state index contributed by atoms with van der Waals surface area (Å²) in [5.74, 6) is 0. The first kappa shape index (κ1) is 9.12. The Kier molecular flexibility index (Phi) is 2.54. The Labute approximate surface area is 74.9 Å². The van der Waals surface area contributed by atoms with Crippen molar-refractivity contribution in [1.82, 2.24) is 0 Å². The molecule has 0 radical (unpaired) electrons. The Bertz CT molecular complexity index is 372. The van der Waals surface area contributed by atoms with Gasteiger partial charge in [-0.25, -0.2) is 0 Å². The predicted molar refractivity (Wildman–Crippen MR) is 49.1 cm³/mol. The van der Waals surface area contributed by atoms with Crippen LogP contribution in [0.1, 0.15) is 15.9 Å². The summed E-state index contributed by atoms with van der Waals surface area (Å²) in [4.78, 5) is 20.9. The van der Waals surface area contributed by atoms with Gasteiger partial charge in [0.25, 0.3) is 0 Å². The van der Waals surface area contributed by atoms with Crippen molar-refractivity contribution in [3.63, 3.8) is 0 Å². The van der Waals surface area contributed by atoms with Gasteiger partial charge in [-0.15, -0.1) is 0 Å². The van der Waals surface area contributed by atoms with Gasteiger partial charge in [-0.05, 0) is 6.07 Å². The highest BCUT2D eigenvalue weighted by Crippen LogP contribution is 2.15. The fourth-order valence-electron chi connectivity index (χ4n) is 1.06. The van der Waals surface area contributed by atoms with Crippen molar-refractivity contribution >= 4 is 24.0 Å². The number of nitrogen functional groups attached to an aromatic ring is 1. The van der Waals surface area contributed by atoms with Crippen LogP contribution in [0.15, 0.2) is 18.2 Å². The molecule has 0 saturated heterocycles. The third kappa shape index (κ3) is 1.61. The lowest BCUT2D eigenvalue weighted by molar-refractivity contribution is -0.102. The largest absolute Gasteiger partial charge is 0.398 e. The van der Waals surface area contributed by atoms with Crippen LogP contribution >= 0.6 is 0 Å². The maximum atomic E-state index is 10.5. The van der Waals surface area contributed by atoms with Crippen LogP contribution in [0.3, 0.4) is 0 Å². The number of carbonyl (C=O) groups excluding carboxylic acids is 2. The highest BCUT2D eigenvalue weighted by molar-refractivity contribution is 6.37. The molecule has 1 rings (SSSR count). The molecule has 0 amide bonds. The van der Waals surface area contributed by atoms with Gasteiger partial charge in [-0.3, -0.25) is 15.0 Å². The molecule has 4 nitrogen and oxygen atoms in total. The van der Waals surface area contributed by atoms with Crippen LogP contribution < -0.4 is 5.73 Å².